The number of nitrogens with one attached hydrogen (secondary N) is 1. The van der Waals surface area contributed by atoms with Crippen molar-refractivity contribution in [1.82, 2.24) is 4.90 Å². The van der Waals surface area contributed by atoms with E-state index in [0.717, 1.165) is 30.6 Å². The number of hydrogen-bond acceptors (Lipinski definition) is 3. The van der Waals surface area contributed by atoms with Crippen LogP contribution in [0.15, 0.2) is 24.3 Å². The molecule has 1 aromatic rings. The Morgan fingerprint density at radius 3 is 2.71 bits per heavy atom. The lowest BCUT2D eigenvalue weighted by Crippen LogP contribution is -2.24. The van der Waals surface area contributed by atoms with Crippen molar-refractivity contribution in [2.75, 3.05) is 13.6 Å². The molecule has 0 fully saturated rings. The summed E-state index contributed by atoms with van der Waals surface area (Å²) in [6, 6.07) is 7.68. The average molecular weight is 235 g/mol. The number of nitrogens with two attached hydrogens (primary N) is 1. The Labute approximate surface area is 103 Å². The molecule has 0 saturated carbocycles. The summed E-state index contributed by atoms with van der Waals surface area (Å²) in [7, 11) is 2.00. The maximum atomic E-state index is 9.23. The zero-order chi connectivity index (χ0) is 12.8. The molecular weight excluding hydrogens is 214 g/mol. The van der Waals surface area contributed by atoms with Gasteiger partial charge in [0.2, 0.25) is 0 Å². The molecule has 4 N–H and O–H groups in total. The molecule has 4 heteroatoms. The van der Waals surface area contributed by atoms with Gasteiger partial charge < -0.3 is 15.7 Å². The van der Waals surface area contributed by atoms with Crippen LogP contribution in [0, 0.1) is 5.41 Å². The van der Waals surface area contributed by atoms with E-state index in [1.807, 2.05) is 31.3 Å². The lowest BCUT2D eigenvalue weighted by molar-refractivity contribution is 0.163. The second-order valence-corrected chi connectivity index (χ2v) is 4.45. The van der Waals surface area contributed by atoms with E-state index in [0.29, 0.717) is 0 Å². The van der Waals surface area contributed by atoms with Gasteiger partial charge >= 0.3 is 0 Å². The van der Waals surface area contributed by atoms with Crippen LogP contribution in [0.2, 0.25) is 0 Å². The average Bonchev–Trinajstić information content (AvgIpc) is 2.27. The predicted molar refractivity (Wildman–Crippen MR) is 70.1 cm³/mol. The Kier molecular flexibility index (Phi) is 5.12. The van der Waals surface area contributed by atoms with Gasteiger partial charge in [0.1, 0.15) is 5.84 Å². The molecule has 0 aliphatic carbocycles. The molecule has 0 aromatic heterocycles. The molecule has 94 valence electrons. The van der Waals surface area contributed by atoms with Gasteiger partial charge in [-0.05, 0) is 26.0 Å². The predicted octanol–water partition coefficient (Wildman–Crippen LogP) is 1.17. The lowest BCUT2D eigenvalue weighted by atomic mass is 10.1. The van der Waals surface area contributed by atoms with Gasteiger partial charge in [0.15, 0.2) is 0 Å². The van der Waals surface area contributed by atoms with Crippen LogP contribution in [0.3, 0.4) is 0 Å². The molecule has 0 saturated heterocycles. The van der Waals surface area contributed by atoms with E-state index < -0.39 is 0 Å². The normalized spacial score (nSPS) is 12.7. The zero-order valence-corrected chi connectivity index (χ0v) is 10.5. The van der Waals surface area contributed by atoms with Crippen molar-refractivity contribution in [3.8, 4) is 0 Å². The van der Waals surface area contributed by atoms with Crippen LogP contribution < -0.4 is 5.73 Å². The lowest BCUT2D eigenvalue weighted by Gasteiger charge is -2.19. The molecule has 0 amide bonds. The number of amidine groups is 1. The summed E-state index contributed by atoms with van der Waals surface area (Å²) < 4.78 is 0. The zero-order valence-electron chi connectivity index (χ0n) is 10.5. The summed E-state index contributed by atoms with van der Waals surface area (Å²) in [6.07, 6.45) is 0.471. The molecule has 0 aliphatic rings. The highest BCUT2D eigenvalue weighted by Gasteiger charge is 2.07. The third-order valence-electron chi connectivity index (χ3n) is 2.68. The molecule has 1 aromatic carbocycles. The number of nitrogen functional groups attached to an aromatic ring is 1. The Bertz CT molecular complexity index is 377. The number of aliphatic hydroxyl groups is 1. The molecule has 1 rings (SSSR count). The van der Waals surface area contributed by atoms with E-state index in [1.165, 1.54) is 0 Å². The second-order valence-electron chi connectivity index (χ2n) is 4.45. The molecular formula is C13H21N3O. The van der Waals surface area contributed by atoms with Crippen LogP contribution in [0.5, 0.6) is 0 Å². The molecule has 1 unspecified atom stereocenters. The Morgan fingerprint density at radius 2 is 2.12 bits per heavy atom. The van der Waals surface area contributed by atoms with Crippen LogP contribution in [-0.2, 0) is 6.54 Å². The third-order valence-corrected chi connectivity index (χ3v) is 2.68. The van der Waals surface area contributed by atoms with Gasteiger partial charge in [0.05, 0.1) is 6.10 Å². The highest BCUT2D eigenvalue weighted by atomic mass is 16.3. The first-order chi connectivity index (χ1) is 8.00. The first-order valence-corrected chi connectivity index (χ1v) is 5.79. The smallest absolute Gasteiger partial charge is 0.123 e. The third kappa shape index (κ3) is 4.54. The molecule has 17 heavy (non-hydrogen) atoms. The number of benzene rings is 1. The van der Waals surface area contributed by atoms with Gasteiger partial charge in [-0.3, -0.25) is 5.41 Å². The van der Waals surface area contributed by atoms with Gasteiger partial charge in [-0.25, -0.2) is 0 Å². The van der Waals surface area contributed by atoms with Gasteiger partial charge in [-0.2, -0.15) is 0 Å². The number of nitrogens with zero attached hydrogens (tertiary/aromatic N) is 1. The topological polar surface area (TPSA) is 73.3 Å². The summed E-state index contributed by atoms with van der Waals surface area (Å²) in [5.74, 6) is 0.101. The molecule has 1 atom stereocenters. The Hall–Kier alpha value is -1.39. The summed E-state index contributed by atoms with van der Waals surface area (Å²) in [5.41, 5.74) is 7.37. The molecule has 0 radical (unpaired) electrons. The van der Waals surface area contributed by atoms with Crippen molar-refractivity contribution in [3.63, 3.8) is 0 Å². The summed E-state index contributed by atoms with van der Waals surface area (Å²) >= 11 is 0. The molecule has 0 heterocycles. The second kappa shape index (κ2) is 6.37. The van der Waals surface area contributed by atoms with E-state index in [2.05, 4.69) is 4.90 Å². The first-order valence-electron chi connectivity index (χ1n) is 5.79. The Morgan fingerprint density at radius 1 is 1.47 bits per heavy atom. The molecule has 4 nitrogen and oxygen atoms in total. The molecule has 0 spiro atoms. The molecule has 0 aliphatic heterocycles. The van der Waals surface area contributed by atoms with Gasteiger partial charge in [0.25, 0.3) is 0 Å². The first kappa shape index (κ1) is 13.7. The van der Waals surface area contributed by atoms with Crippen LogP contribution in [0.4, 0.5) is 0 Å². The van der Waals surface area contributed by atoms with Crippen molar-refractivity contribution in [1.29, 1.82) is 5.41 Å². The highest BCUT2D eigenvalue weighted by molar-refractivity contribution is 5.96. The van der Waals surface area contributed by atoms with Crippen LogP contribution in [0.25, 0.3) is 0 Å². The minimum absolute atomic E-state index is 0.101. The Balaban J connectivity index is 2.64. The standard InChI is InChI=1S/C13H21N3O/c1-10(17)7-8-16(2)9-11-5-3-4-6-12(11)13(14)15/h3-6,10,17H,7-9H2,1-2H3,(H3,14,15). The highest BCUT2D eigenvalue weighted by Crippen LogP contribution is 2.10. The maximum Gasteiger partial charge on any atom is 0.123 e. The van der Waals surface area contributed by atoms with E-state index in [1.54, 1.807) is 6.92 Å². The quantitative estimate of drug-likeness (QED) is 0.512. The minimum Gasteiger partial charge on any atom is -0.393 e. The van der Waals surface area contributed by atoms with E-state index in [9.17, 15) is 5.11 Å². The SMILES string of the molecule is CC(O)CCN(C)Cc1ccccc1C(=N)N. The largest absolute Gasteiger partial charge is 0.393 e. The maximum absolute atomic E-state index is 9.23. The minimum atomic E-state index is -0.277. The van der Waals surface area contributed by atoms with Crippen LogP contribution >= 0.6 is 0 Å². The fourth-order valence-corrected chi connectivity index (χ4v) is 1.70. The fourth-order valence-electron chi connectivity index (χ4n) is 1.70. The summed E-state index contributed by atoms with van der Waals surface area (Å²) in [4.78, 5) is 2.12. The number of hydrogen-bond donors (Lipinski definition) is 3. The summed E-state index contributed by atoms with van der Waals surface area (Å²) in [5, 5.41) is 16.7. The van der Waals surface area contributed by atoms with Gasteiger partial charge in [-0.15, -0.1) is 0 Å². The van der Waals surface area contributed by atoms with Crippen molar-refractivity contribution in [2.24, 2.45) is 5.73 Å². The van der Waals surface area contributed by atoms with Gasteiger partial charge in [0, 0.05) is 18.7 Å². The molecule has 0 bridgehead atoms. The van der Waals surface area contributed by atoms with Crippen molar-refractivity contribution in [2.45, 2.75) is 26.0 Å². The monoisotopic (exact) mass is 235 g/mol. The van der Waals surface area contributed by atoms with Crippen LogP contribution in [-0.4, -0.2) is 35.5 Å². The van der Waals surface area contributed by atoms with E-state index >= 15 is 0 Å². The van der Waals surface area contributed by atoms with Crippen molar-refractivity contribution < 1.29 is 5.11 Å². The van der Waals surface area contributed by atoms with Crippen molar-refractivity contribution in [3.05, 3.63) is 35.4 Å². The number of rotatable bonds is 6. The van der Waals surface area contributed by atoms with Crippen LogP contribution in [0.1, 0.15) is 24.5 Å². The van der Waals surface area contributed by atoms with E-state index in [4.69, 9.17) is 11.1 Å². The van der Waals surface area contributed by atoms with E-state index in [-0.39, 0.29) is 11.9 Å². The number of aliphatic hydroxyl groups excluding tert-OH is 1. The fraction of sp³-hybridized carbons (Fsp3) is 0.462. The van der Waals surface area contributed by atoms with Crippen molar-refractivity contribution >= 4 is 5.84 Å². The summed E-state index contributed by atoms with van der Waals surface area (Å²) in [6.45, 7) is 3.35. The van der Waals surface area contributed by atoms with Gasteiger partial charge in [-0.1, -0.05) is 24.3 Å².